The summed E-state index contributed by atoms with van der Waals surface area (Å²) in [6.45, 7) is 4.61. The molecule has 0 saturated carbocycles. The number of aromatic nitrogens is 2. The van der Waals surface area contributed by atoms with Crippen LogP contribution >= 0.6 is 12.2 Å². The van der Waals surface area contributed by atoms with Gasteiger partial charge in [-0.05, 0) is 67.5 Å². The number of fused-ring (bicyclic) bond motifs is 1. The van der Waals surface area contributed by atoms with E-state index in [1.165, 1.54) is 0 Å². The molecule has 0 bridgehead atoms. The van der Waals surface area contributed by atoms with Crippen molar-refractivity contribution in [2.75, 3.05) is 11.9 Å². The van der Waals surface area contributed by atoms with Gasteiger partial charge in [-0.25, -0.2) is 0 Å². The number of benzene rings is 2. The Bertz CT molecular complexity index is 1090. The molecule has 6 nitrogen and oxygen atoms in total. The Morgan fingerprint density at radius 2 is 2.00 bits per heavy atom. The van der Waals surface area contributed by atoms with E-state index in [4.69, 9.17) is 17.0 Å². The van der Waals surface area contributed by atoms with Crippen LogP contribution in [0.3, 0.4) is 0 Å². The number of ether oxygens (including phenoxy) is 1. The normalized spacial score (nSPS) is 10.7. The Hall–Kier alpha value is -2.93. The molecular formula is C19H19N3O3S. The van der Waals surface area contributed by atoms with Crippen LogP contribution in [0.5, 0.6) is 5.75 Å². The third-order valence-electron chi connectivity index (χ3n) is 3.92. The van der Waals surface area contributed by atoms with Gasteiger partial charge in [0.25, 0.3) is 11.5 Å². The number of rotatable bonds is 5. The molecule has 1 aromatic heterocycles. The summed E-state index contributed by atoms with van der Waals surface area (Å²) in [5.41, 5.74) is 2.28. The van der Waals surface area contributed by atoms with Crippen molar-refractivity contribution in [2.24, 2.45) is 0 Å². The molecular weight excluding hydrogens is 350 g/mol. The average Bonchev–Trinajstić information content (AvgIpc) is 2.61. The number of hydrogen-bond donors (Lipinski definition) is 3. The minimum absolute atomic E-state index is 0.221. The molecule has 1 amide bonds. The number of anilines is 1. The molecule has 0 fully saturated rings. The van der Waals surface area contributed by atoms with Gasteiger partial charge in [-0.15, -0.1) is 0 Å². The molecule has 0 unspecified atom stereocenters. The monoisotopic (exact) mass is 369 g/mol. The largest absolute Gasteiger partial charge is 0.494 e. The Balaban J connectivity index is 1.85. The van der Waals surface area contributed by atoms with Crippen LogP contribution in [-0.4, -0.2) is 22.5 Å². The molecule has 0 aliphatic carbocycles. The Labute approximate surface area is 155 Å². The van der Waals surface area contributed by atoms with Crippen LogP contribution < -0.4 is 15.6 Å². The zero-order valence-corrected chi connectivity index (χ0v) is 15.3. The second-order valence-electron chi connectivity index (χ2n) is 5.95. The van der Waals surface area contributed by atoms with Crippen LogP contribution in [0.1, 0.15) is 29.3 Å². The van der Waals surface area contributed by atoms with E-state index >= 15 is 0 Å². The highest BCUT2D eigenvalue weighted by Gasteiger charge is 2.10. The third kappa shape index (κ3) is 3.83. The van der Waals surface area contributed by atoms with Crippen LogP contribution in [0.15, 0.2) is 41.2 Å². The number of aromatic amines is 2. The lowest BCUT2D eigenvalue weighted by Gasteiger charge is -2.11. The lowest BCUT2D eigenvalue weighted by atomic mass is 10.1. The standard InChI is InChI=1S/C19H19N3O3S/c1-3-8-25-13-5-7-15(11(2)9-13)20-17(23)12-4-6-14-16(10-12)21-19(26)22-18(14)24/h4-7,9-10H,3,8H2,1-2H3,(H,20,23)(H2,21,22,24,26). The second-order valence-corrected chi connectivity index (χ2v) is 6.36. The van der Waals surface area contributed by atoms with Crippen molar-refractivity contribution in [2.45, 2.75) is 20.3 Å². The van der Waals surface area contributed by atoms with Crippen LogP contribution in [0.4, 0.5) is 5.69 Å². The number of carbonyl (C=O) groups is 1. The highest BCUT2D eigenvalue weighted by atomic mass is 32.1. The van der Waals surface area contributed by atoms with Crippen molar-refractivity contribution < 1.29 is 9.53 Å². The van der Waals surface area contributed by atoms with E-state index in [1.54, 1.807) is 18.2 Å². The van der Waals surface area contributed by atoms with Gasteiger partial charge in [0.05, 0.1) is 17.5 Å². The first-order valence-corrected chi connectivity index (χ1v) is 8.70. The summed E-state index contributed by atoms with van der Waals surface area (Å²) in [4.78, 5) is 29.8. The van der Waals surface area contributed by atoms with E-state index in [9.17, 15) is 9.59 Å². The molecule has 0 radical (unpaired) electrons. The number of H-pyrrole nitrogens is 2. The maximum atomic E-state index is 12.6. The number of amides is 1. The summed E-state index contributed by atoms with van der Waals surface area (Å²) in [7, 11) is 0. The van der Waals surface area contributed by atoms with Gasteiger partial charge in [0, 0.05) is 11.3 Å². The SMILES string of the molecule is CCCOc1ccc(NC(=O)c2ccc3c(=O)[nH]c(=S)[nH]c3c2)c(C)c1. The summed E-state index contributed by atoms with van der Waals surface area (Å²) in [6, 6.07) is 10.4. The van der Waals surface area contributed by atoms with Gasteiger partial charge in [-0.1, -0.05) is 6.92 Å². The molecule has 0 aliphatic heterocycles. The Kier molecular flexibility index (Phi) is 5.18. The summed E-state index contributed by atoms with van der Waals surface area (Å²) in [5, 5.41) is 3.33. The van der Waals surface area contributed by atoms with E-state index in [0.29, 0.717) is 28.8 Å². The molecule has 2 aromatic carbocycles. The fourth-order valence-electron chi connectivity index (χ4n) is 2.59. The lowest BCUT2D eigenvalue weighted by Crippen LogP contribution is -2.14. The first kappa shape index (κ1) is 17.9. The predicted octanol–water partition coefficient (Wildman–Crippen LogP) is 3.94. The van der Waals surface area contributed by atoms with Crippen molar-refractivity contribution in [3.05, 3.63) is 62.6 Å². The smallest absolute Gasteiger partial charge is 0.259 e. The van der Waals surface area contributed by atoms with E-state index in [1.807, 2.05) is 32.0 Å². The van der Waals surface area contributed by atoms with Gasteiger partial charge in [-0.2, -0.15) is 0 Å². The van der Waals surface area contributed by atoms with Crippen molar-refractivity contribution in [3.8, 4) is 5.75 Å². The number of nitrogens with one attached hydrogen (secondary N) is 3. The quantitative estimate of drug-likeness (QED) is 0.595. The van der Waals surface area contributed by atoms with Gasteiger partial charge in [0.15, 0.2) is 4.77 Å². The highest BCUT2D eigenvalue weighted by molar-refractivity contribution is 7.71. The Morgan fingerprint density at radius 1 is 1.19 bits per heavy atom. The number of aryl methyl sites for hydroxylation is 1. The van der Waals surface area contributed by atoms with Crippen molar-refractivity contribution in [1.82, 2.24) is 9.97 Å². The topological polar surface area (TPSA) is 87.0 Å². The van der Waals surface area contributed by atoms with E-state index in [-0.39, 0.29) is 16.2 Å². The minimum atomic E-state index is -0.283. The summed E-state index contributed by atoms with van der Waals surface area (Å²) in [5.74, 6) is 0.511. The van der Waals surface area contributed by atoms with Gasteiger partial charge in [-0.3, -0.25) is 14.6 Å². The van der Waals surface area contributed by atoms with Crippen LogP contribution in [0.25, 0.3) is 10.9 Å². The maximum Gasteiger partial charge on any atom is 0.259 e. The van der Waals surface area contributed by atoms with Crippen molar-refractivity contribution in [3.63, 3.8) is 0 Å². The molecule has 26 heavy (non-hydrogen) atoms. The minimum Gasteiger partial charge on any atom is -0.494 e. The average molecular weight is 369 g/mol. The highest BCUT2D eigenvalue weighted by Crippen LogP contribution is 2.22. The molecule has 3 N–H and O–H groups in total. The molecule has 134 valence electrons. The third-order valence-corrected chi connectivity index (χ3v) is 4.12. The van der Waals surface area contributed by atoms with E-state index in [2.05, 4.69) is 15.3 Å². The molecule has 0 saturated heterocycles. The van der Waals surface area contributed by atoms with Crippen LogP contribution in [0.2, 0.25) is 0 Å². The summed E-state index contributed by atoms with van der Waals surface area (Å²) >= 11 is 4.98. The second kappa shape index (κ2) is 7.53. The zero-order chi connectivity index (χ0) is 18.7. The fourth-order valence-corrected chi connectivity index (χ4v) is 2.79. The molecule has 3 rings (SSSR count). The fraction of sp³-hybridized carbons (Fsp3) is 0.211. The summed E-state index contributed by atoms with van der Waals surface area (Å²) in [6.07, 6.45) is 0.936. The molecule has 7 heteroatoms. The Morgan fingerprint density at radius 3 is 2.73 bits per heavy atom. The van der Waals surface area contributed by atoms with E-state index in [0.717, 1.165) is 17.7 Å². The number of hydrogen-bond acceptors (Lipinski definition) is 4. The number of carbonyl (C=O) groups excluding carboxylic acids is 1. The first-order chi connectivity index (χ1) is 12.5. The van der Waals surface area contributed by atoms with E-state index < -0.39 is 0 Å². The van der Waals surface area contributed by atoms with Crippen LogP contribution in [-0.2, 0) is 0 Å². The lowest BCUT2D eigenvalue weighted by molar-refractivity contribution is 0.102. The van der Waals surface area contributed by atoms with Gasteiger partial charge < -0.3 is 15.0 Å². The van der Waals surface area contributed by atoms with Gasteiger partial charge in [0.1, 0.15) is 5.75 Å². The van der Waals surface area contributed by atoms with Gasteiger partial charge in [0.2, 0.25) is 0 Å². The molecule has 0 atom stereocenters. The van der Waals surface area contributed by atoms with Crippen LogP contribution in [0, 0.1) is 11.7 Å². The van der Waals surface area contributed by atoms with Crippen molar-refractivity contribution in [1.29, 1.82) is 0 Å². The maximum absolute atomic E-state index is 12.6. The first-order valence-electron chi connectivity index (χ1n) is 8.29. The van der Waals surface area contributed by atoms with Crippen molar-refractivity contribution >= 4 is 34.7 Å². The molecule has 1 heterocycles. The summed E-state index contributed by atoms with van der Waals surface area (Å²) < 4.78 is 5.81. The van der Waals surface area contributed by atoms with Gasteiger partial charge >= 0.3 is 0 Å². The molecule has 3 aromatic rings. The molecule has 0 aliphatic rings. The zero-order valence-electron chi connectivity index (χ0n) is 14.5. The predicted molar refractivity (Wildman–Crippen MR) is 105 cm³/mol. The molecule has 0 spiro atoms.